The Balaban J connectivity index is 1.44. The van der Waals surface area contributed by atoms with Crippen LogP contribution in [0.3, 0.4) is 0 Å². The summed E-state index contributed by atoms with van der Waals surface area (Å²) in [6, 6.07) is 11.4. The Morgan fingerprint density at radius 1 is 1.16 bits per heavy atom. The number of ether oxygens (including phenoxy) is 2. The second-order valence-corrected chi connectivity index (χ2v) is 7.39. The van der Waals surface area contributed by atoms with Gasteiger partial charge in [0.2, 0.25) is 0 Å². The predicted octanol–water partition coefficient (Wildman–Crippen LogP) is 4.17. The largest absolute Gasteiger partial charge is 0.492 e. The van der Waals surface area contributed by atoms with Crippen LogP contribution in [0.15, 0.2) is 48.5 Å². The highest BCUT2D eigenvalue weighted by molar-refractivity contribution is 5.72. The number of carboxylic acid groups (broad SMARTS) is 1. The summed E-state index contributed by atoms with van der Waals surface area (Å²) < 4.78 is 37.6. The van der Waals surface area contributed by atoms with Gasteiger partial charge in [-0.2, -0.15) is 0 Å². The fraction of sp³-hybridized carbons (Fsp3) is 0.375. The number of halogens is 2. The van der Waals surface area contributed by atoms with Crippen molar-refractivity contribution in [2.24, 2.45) is 0 Å². The molecule has 0 aromatic heterocycles. The lowest BCUT2D eigenvalue weighted by molar-refractivity contribution is -0.149. The molecule has 166 valence electrons. The van der Waals surface area contributed by atoms with Crippen LogP contribution in [-0.2, 0) is 16.0 Å². The molecule has 0 radical (unpaired) electrons. The predicted molar refractivity (Wildman–Crippen MR) is 114 cm³/mol. The summed E-state index contributed by atoms with van der Waals surface area (Å²) in [5, 5.41) is 9.17. The molecule has 0 bridgehead atoms. The van der Waals surface area contributed by atoms with Gasteiger partial charge in [0.25, 0.3) is 0 Å². The molecule has 2 aromatic rings. The third kappa shape index (κ3) is 6.60. The van der Waals surface area contributed by atoms with Crippen molar-refractivity contribution >= 4 is 11.5 Å². The Kier molecular flexibility index (Phi) is 8.14. The fourth-order valence-corrected chi connectivity index (χ4v) is 3.52. The van der Waals surface area contributed by atoms with Crippen molar-refractivity contribution in [1.82, 2.24) is 4.90 Å². The van der Waals surface area contributed by atoms with E-state index in [1.807, 2.05) is 30.3 Å². The topological polar surface area (TPSA) is 59.0 Å². The molecule has 0 spiro atoms. The van der Waals surface area contributed by atoms with Crippen LogP contribution in [0.25, 0.3) is 5.57 Å². The molecule has 0 aliphatic carbocycles. The molecular formula is C24H27F2NO4. The van der Waals surface area contributed by atoms with Gasteiger partial charge in [0.1, 0.15) is 12.4 Å². The molecule has 0 saturated heterocycles. The monoisotopic (exact) mass is 431 g/mol. The average molecular weight is 431 g/mol. The molecule has 2 aromatic carbocycles. The number of benzene rings is 2. The lowest BCUT2D eigenvalue weighted by atomic mass is 9.99. The number of hydrogen-bond donors (Lipinski definition) is 1. The maximum atomic E-state index is 13.4. The quantitative estimate of drug-likeness (QED) is 0.612. The Morgan fingerprint density at radius 2 is 1.94 bits per heavy atom. The van der Waals surface area contributed by atoms with Gasteiger partial charge in [0.15, 0.2) is 17.7 Å². The first-order chi connectivity index (χ1) is 15.0. The SMILES string of the molecule is CCOC(Cc1ccc(OCCN2CC=C(c3ccc(F)c(F)c3)CC2)cc1)C(=O)O. The molecule has 7 heteroatoms. The minimum atomic E-state index is -0.967. The summed E-state index contributed by atoms with van der Waals surface area (Å²) in [6.07, 6.45) is 2.27. The zero-order valence-corrected chi connectivity index (χ0v) is 17.5. The van der Waals surface area contributed by atoms with Crippen molar-refractivity contribution in [2.45, 2.75) is 25.9 Å². The van der Waals surface area contributed by atoms with Crippen LogP contribution < -0.4 is 4.74 Å². The van der Waals surface area contributed by atoms with Crippen molar-refractivity contribution in [1.29, 1.82) is 0 Å². The van der Waals surface area contributed by atoms with Gasteiger partial charge in [0.05, 0.1) is 0 Å². The number of carboxylic acids is 1. The summed E-state index contributed by atoms with van der Waals surface area (Å²) in [4.78, 5) is 13.4. The van der Waals surface area contributed by atoms with E-state index in [4.69, 9.17) is 9.47 Å². The Labute approximate surface area is 180 Å². The molecule has 1 aliphatic heterocycles. The van der Waals surface area contributed by atoms with Crippen LogP contribution >= 0.6 is 0 Å². The van der Waals surface area contributed by atoms with Crippen LogP contribution in [0.2, 0.25) is 0 Å². The maximum absolute atomic E-state index is 13.4. The zero-order valence-electron chi connectivity index (χ0n) is 17.5. The van der Waals surface area contributed by atoms with Gasteiger partial charge in [-0.3, -0.25) is 4.90 Å². The summed E-state index contributed by atoms with van der Waals surface area (Å²) in [5.41, 5.74) is 2.63. The van der Waals surface area contributed by atoms with Gasteiger partial charge < -0.3 is 14.6 Å². The number of rotatable bonds is 10. The minimum absolute atomic E-state index is 0.309. The molecule has 1 heterocycles. The van der Waals surface area contributed by atoms with E-state index in [1.165, 1.54) is 6.07 Å². The highest BCUT2D eigenvalue weighted by Gasteiger charge is 2.18. The molecular weight excluding hydrogens is 404 g/mol. The third-order valence-electron chi connectivity index (χ3n) is 5.25. The number of nitrogens with zero attached hydrogens (tertiary/aromatic N) is 1. The van der Waals surface area contributed by atoms with Gasteiger partial charge in [-0.15, -0.1) is 0 Å². The van der Waals surface area contributed by atoms with Crippen molar-refractivity contribution in [3.8, 4) is 5.75 Å². The molecule has 31 heavy (non-hydrogen) atoms. The summed E-state index contributed by atoms with van der Waals surface area (Å²) in [6.45, 7) is 4.94. The first-order valence-corrected chi connectivity index (χ1v) is 10.4. The molecule has 1 unspecified atom stereocenters. The Bertz CT molecular complexity index is 914. The van der Waals surface area contributed by atoms with Gasteiger partial charge in [-0.05, 0) is 54.3 Å². The number of hydrogen-bond acceptors (Lipinski definition) is 4. The van der Waals surface area contributed by atoms with Crippen molar-refractivity contribution in [2.75, 3.05) is 32.8 Å². The Morgan fingerprint density at radius 3 is 2.55 bits per heavy atom. The maximum Gasteiger partial charge on any atom is 0.333 e. The first kappa shape index (κ1) is 22.9. The van der Waals surface area contributed by atoms with E-state index < -0.39 is 23.7 Å². The average Bonchev–Trinajstić information content (AvgIpc) is 2.77. The van der Waals surface area contributed by atoms with Gasteiger partial charge >= 0.3 is 5.97 Å². The summed E-state index contributed by atoms with van der Waals surface area (Å²) in [5.74, 6) is -1.90. The Hall–Kier alpha value is -2.77. The van der Waals surface area contributed by atoms with E-state index in [0.717, 1.165) is 54.6 Å². The molecule has 1 N–H and O–H groups in total. The standard InChI is InChI=1S/C24H27F2NO4/c1-2-30-23(24(28)29)15-17-3-6-20(7-4-17)31-14-13-27-11-9-18(10-12-27)19-5-8-21(25)22(26)16-19/h3-9,16,23H,2,10-15H2,1H3,(H,28,29). The molecule has 1 atom stereocenters. The lowest BCUT2D eigenvalue weighted by Crippen LogP contribution is -2.32. The van der Waals surface area contributed by atoms with Crippen molar-refractivity contribution < 1.29 is 28.2 Å². The van der Waals surface area contributed by atoms with Gasteiger partial charge in [0, 0.05) is 32.7 Å². The second-order valence-electron chi connectivity index (χ2n) is 7.39. The second kappa shape index (κ2) is 11.0. The van der Waals surface area contributed by atoms with E-state index in [2.05, 4.69) is 4.90 Å². The molecule has 5 nitrogen and oxygen atoms in total. The molecule has 1 aliphatic rings. The number of carbonyl (C=O) groups is 1. The normalized spacial score (nSPS) is 15.4. The van der Waals surface area contributed by atoms with E-state index in [9.17, 15) is 18.7 Å². The van der Waals surface area contributed by atoms with E-state index in [1.54, 1.807) is 13.0 Å². The van der Waals surface area contributed by atoms with Crippen molar-refractivity contribution in [3.05, 3.63) is 71.3 Å². The fourth-order valence-electron chi connectivity index (χ4n) is 3.52. The molecule has 0 saturated carbocycles. The van der Waals surface area contributed by atoms with Crippen LogP contribution in [-0.4, -0.2) is 54.9 Å². The molecule has 0 amide bonds. The number of aliphatic carboxylic acids is 1. The lowest BCUT2D eigenvalue weighted by Gasteiger charge is -2.26. The van der Waals surface area contributed by atoms with Crippen molar-refractivity contribution in [3.63, 3.8) is 0 Å². The highest BCUT2D eigenvalue weighted by Crippen LogP contribution is 2.24. The van der Waals surface area contributed by atoms with Crippen LogP contribution in [0.1, 0.15) is 24.5 Å². The zero-order chi connectivity index (χ0) is 22.2. The van der Waals surface area contributed by atoms with Crippen LogP contribution in [0.5, 0.6) is 5.75 Å². The van der Waals surface area contributed by atoms with E-state index in [0.29, 0.717) is 19.6 Å². The smallest absolute Gasteiger partial charge is 0.333 e. The summed E-state index contributed by atoms with van der Waals surface area (Å²) in [7, 11) is 0. The van der Waals surface area contributed by atoms with Crippen LogP contribution in [0, 0.1) is 11.6 Å². The summed E-state index contributed by atoms with van der Waals surface area (Å²) >= 11 is 0. The minimum Gasteiger partial charge on any atom is -0.492 e. The first-order valence-electron chi connectivity index (χ1n) is 10.4. The third-order valence-corrected chi connectivity index (χ3v) is 5.25. The van der Waals surface area contributed by atoms with E-state index >= 15 is 0 Å². The van der Waals surface area contributed by atoms with Crippen LogP contribution in [0.4, 0.5) is 8.78 Å². The molecule has 0 fully saturated rings. The highest BCUT2D eigenvalue weighted by atomic mass is 19.2. The van der Waals surface area contributed by atoms with Gasteiger partial charge in [-0.1, -0.05) is 24.3 Å². The van der Waals surface area contributed by atoms with E-state index in [-0.39, 0.29) is 0 Å². The molecule has 3 rings (SSSR count). The van der Waals surface area contributed by atoms with Gasteiger partial charge in [-0.25, -0.2) is 13.6 Å².